The molecule has 0 radical (unpaired) electrons. The van der Waals surface area contributed by atoms with E-state index in [1.54, 1.807) is 0 Å². The number of nitrogens with two attached hydrogens (primary N) is 1. The Morgan fingerprint density at radius 1 is 1.32 bits per heavy atom. The molecule has 7 heteroatoms. The lowest BCUT2D eigenvalue weighted by molar-refractivity contribution is 0.226. The minimum absolute atomic E-state index is 0.0937. The van der Waals surface area contributed by atoms with Crippen LogP contribution in [-0.4, -0.2) is 32.6 Å². The highest BCUT2D eigenvalue weighted by Gasteiger charge is 2.30. The van der Waals surface area contributed by atoms with Crippen LogP contribution in [0.5, 0.6) is 5.75 Å². The second-order valence-electron chi connectivity index (χ2n) is 4.57. The van der Waals surface area contributed by atoms with Crippen LogP contribution < -0.4 is 10.5 Å². The van der Waals surface area contributed by atoms with Crippen LogP contribution in [0.25, 0.3) is 0 Å². The average molecular weight is 413 g/mol. The summed E-state index contributed by atoms with van der Waals surface area (Å²) < 4.78 is 30.3. The van der Waals surface area contributed by atoms with Crippen LogP contribution in [0.1, 0.15) is 12.0 Å². The molecule has 0 spiro atoms. The summed E-state index contributed by atoms with van der Waals surface area (Å²) >= 11 is 6.92. The highest BCUT2D eigenvalue weighted by atomic mass is 79.9. The van der Waals surface area contributed by atoms with Gasteiger partial charge in [-0.2, -0.15) is 0 Å². The molecular formula is C12H15Br2NO3S. The highest BCUT2D eigenvalue weighted by molar-refractivity contribution is 9.11. The van der Waals surface area contributed by atoms with Crippen LogP contribution in [0.2, 0.25) is 0 Å². The Kier molecular flexibility index (Phi) is 4.92. The summed E-state index contributed by atoms with van der Waals surface area (Å²) in [5.74, 6) is 0.956. The van der Waals surface area contributed by atoms with Gasteiger partial charge in [0.15, 0.2) is 9.84 Å². The number of benzene rings is 1. The number of sulfone groups is 1. The fourth-order valence-corrected chi connectivity index (χ4v) is 5.11. The van der Waals surface area contributed by atoms with E-state index < -0.39 is 9.84 Å². The minimum Gasteiger partial charge on any atom is -0.487 e. The maximum atomic E-state index is 11.4. The molecule has 0 bridgehead atoms. The summed E-state index contributed by atoms with van der Waals surface area (Å²) in [6.45, 7) is 0.583. The molecule has 1 aromatic carbocycles. The third kappa shape index (κ3) is 3.93. The lowest BCUT2D eigenvalue weighted by Gasteiger charge is -2.16. The van der Waals surface area contributed by atoms with E-state index in [9.17, 15) is 8.42 Å². The molecule has 0 aliphatic carbocycles. The summed E-state index contributed by atoms with van der Waals surface area (Å²) in [6.07, 6.45) is 1.07. The molecule has 1 unspecified atom stereocenters. The van der Waals surface area contributed by atoms with Crippen LogP contribution in [-0.2, 0) is 16.3 Å². The summed E-state index contributed by atoms with van der Waals surface area (Å²) in [4.78, 5) is 0. The van der Waals surface area contributed by atoms with Gasteiger partial charge in [0.25, 0.3) is 0 Å². The maximum absolute atomic E-state index is 11.4. The van der Waals surface area contributed by atoms with Crippen molar-refractivity contribution in [2.75, 3.05) is 18.1 Å². The van der Waals surface area contributed by atoms with Gasteiger partial charge in [-0.05, 0) is 68.9 Å². The number of halogens is 2. The average Bonchev–Trinajstić information content (AvgIpc) is 2.64. The number of hydrogen-bond donors (Lipinski definition) is 1. The normalized spacial score (nSPS) is 21.5. The van der Waals surface area contributed by atoms with Gasteiger partial charge in [-0.1, -0.05) is 0 Å². The quantitative estimate of drug-likeness (QED) is 0.823. The monoisotopic (exact) mass is 411 g/mol. The van der Waals surface area contributed by atoms with Crippen molar-refractivity contribution in [2.24, 2.45) is 5.73 Å². The minimum atomic E-state index is -2.93. The molecule has 1 atom stereocenters. The second-order valence-corrected chi connectivity index (χ2v) is 8.51. The fourth-order valence-electron chi connectivity index (χ4n) is 2.06. The summed E-state index contributed by atoms with van der Waals surface area (Å²) in [7, 11) is -2.93. The van der Waals surface area contributed by atoms with E-state index in [4.69, 9.17) is 10.5 Å². The second kappa shape index (κ2) is 6.11. The molecule has 1 saturated heterocycles. The molecule has 2 N–H and O–H groups in total. The standard InChI is InChI=1S/C12H15Br2NO3S/c13-10-5-8(1-3-15)6-11(14)12(10)18-9-2-4-19(16,17)7-9/h5-6,9H,1-4,7,15H2. The van der Waals surface area contributed by atoms with E-state index in [2.05, 4.69) is 31.9 Å². The van der Waals surface area contributed by atoms with Gasteiger partial charge >= 0.3 is 0 Å². The largest absolute Gasteiger partial charge is 0.487 e. The van der Waals surface area contributed by atoms with Crippen molar-refractivity contribution in [3.8, 4) is 5.75 Å². The number of hydrogen-bond acceptors (Lipinski definition) is 4. The first kappa shape index (κ1) is 15.3. The smallest absolute Gasteiger partial charge is 0.154 e. The molecule has 1 aliphatic rings. The SMILES string of the molecule is NCCc1cc(Br)c(OC2CCS(=O)(=O)C2)c(Br)c1. The van der Waals surface area contributed by atoms with E-state index >= 15 is 0 Å². The first-order valence-corrected chi connectivity index (χ1v) is 9.37. The van der Waals surface area contributed by atoms with Crippen molar-refractivity contribution in [3.63, 3.8) is 0 Å². The van der Waals surface area contributed by atoms with Crippen molar-refractivity contribution in [1.29, 1.82) is 0 Å². The molecule has 1 aromatic rings. The molecule has 19 heavy (non-hydrogen) atoms. The van der Waals surface area contributed by atoms with Crippen molar-refractivity contribution < 1.29 is 13.2 Å². The molecule has 106 valence electrons. The molecule has 2 rings (SSSR count). The number of ether oxygens (including phenoxy) is 1. The lowest BCUT2D eigenvalue weighted by atomic mass is 10.1. The fraction of sp³-hybridized carbons (Fsp3) is 0.500. The Morgan fingerprint density at radius 3 is 2.42 bits per heavy atom. The van der Waals surface area contributed by atoms with Crippen LogP contribution in [0.3, 0.4) is 0 Å². The van der Waals surface area contributed by atoms with E-state index in [1.165, 1.54) is 0 Å². The molecule has 4 nitrogen and oxygen atoms in total. The topological polar surface area (TPSA) is 69.4 Å². The summed E-state index contributed by atoms with van der Waals surface area (Å²) in [5.41, 5.74) is 6.64. The maximum Gasteiger partial charge on any atom is 0.154 e. The van der Waals surface area contributed by atoms with Crippen LogP contribution in [0, 0.1) is 0 Å². The van der Waals surface area contributed by atoms with Crippen molar-refractivity contribution in [1.82, 2.24) is 0 Å². The van der Waals surface area contributed by atoms with Gasteiger partial charge < -0.3 is 10.5 Å². The van der Waals surface area contributed by atoms with Gasteiger partial charge in [0.05, 0.1) is 20.5 Å². The molecule has 0 saturated carbocycles. The Labute approximate surface area is 129 Å². The predicted octanol–water partition coefficient (Wildman–Crippen LogP) is 2.28. The van der Waals surface area contributed by atoms with Crippen molar-refractivity contribution in [2.45, 2.75) is 18.9 Å². The van der Waals surface area contributed by atoms with E-state index in [0.717, 1.165) is 20.9 Å². The number of rotatable bonds is 4. The van der Waals surface area contributed by atoms with Gasteiger partial charge in [-0.15, -0.1) is 0 Å². The lowest BCUT2D eigenvalue weighted by Crippen LogP contribution is -2.18. The zero-order valence-corrected chi connectivity index (χ0v) is 14.2. The Morgan fingerprint density at radius 2 is 1.95 bits per heavy atom. The molecule has 1 aliphatic heterocycles. The van der Waals surface area contributed by atoms with Crippen molar-refractivity contribution >= 4 is 41.7 Å². The molecule has 1 heterocycles. The van der Waals surface area contributed by atoms with Gasteiger partial charge in [0.1, 0.15) is 11.9 Å². The van der Waals surface area contributed by atoms with E-state index in [1.807, 2.05) is 12.1 Å². The van der Waals surface area contributed by atoms with Crippen LogP contribution in [0.15, 0.2) is 21.1 Å². The van der Waals surface area contributed by atoms with E-state index in [-0.39, 0.29) is 17.6 Å². The molecule has 1 fully saturated rings. The van der Waals surface area contributed by atoms with Gasteiger partial charge in [0.2, 0.25) is 0 Å². The Balaban J connectivity index is 2.17. The predicted molar refractivity (Wildman–Crippen MR) is 82.3 cm³/mol. The molecule has 0 aromatic heterocycles. The first-order valence-electron chi connectivity index (χ1n) is 5.96. The first-order chi connectivity index (χ1) is 8.91. The molecular weight excluding hydrogens is 398 g/mol. The van der Waals surface area contributed by atoms with Crippen LogP contribution in [0.4, 0.5) is 0 Å². The zero-order valence-electron chi connectivity index (χ0n) is 10.2. The summed E-state index contributed by atoms with van der Waals surface area (Å²) in [5, 5.41) is 0. The van der Waals surface area contributed by atoms with Gasteiger partial charge in [-0.25, -0.2) is 8.42 Å². The van der Waals surface area contributed by atoms with Crippen LogP contribution >= 0.6 is 31.9 Å². The Bertz CT molecular complexity index is 551. The third-order valence-electron chi connectivity index (χ3n) is 2.97. The van der Waals surface area contributed by atoms with E-state index in [0.29, 0.717) is 18.7 Å². The zero-order chi connectivity index (χ0) is 14.0. The van der Waals surface area contributed by atoms with Gasteiger partial charge in [0, 0.05) is 0 Å². The van der Waals surface area contributed by atoms with Crippen molar-refractivity contribution in [3.05, 3.63) is 26.6 Å². The third-order valence-corrected chi connectivity index (χ3v) is 5.88. The summed E-state index contributed by atoms with van der Waals surface area (Å²) in [6, 6.07) is 3.91. The van der Waals surface area contributed by atoms with Gasteiger partial charge in [-0.3, -0.25) is 0 Å². The highest BCUT2D eigenvalue weighted by Crippen LogP contribution is 2.36. The molecule has 0 amide bonds. The Hall–Kier alpha value is -0.110.